The van der Waals surface area contributed by atoms with Crippen molar-refractivity contribution in [3.05, 3.63) is 24.3 Å². The molecule has 0 radical (unpaired) electrons. The van der Waals surface area contributed by atoms with Crippen molar-refractivity contribution in [3.63, 3.8) is 0 Å². The number of aromatic nitrogens is 1. The molecule has 0 bridgehead atoms. The number of para-hydroxylation sites is 1. The van der Waals surface area contributed by atoms with Crippen LogP contribution in [0.15, 0.2) is 24.3 Å². The molecule has 1 saturated heterocycles. The average molecular weight is 322 g/mol. The highest BCUT2D eigenvalue weighted by atomic mass is 32.2. The van der Waals surface area contributed by atoms with Gasteiger partial charge in [0.15, 0.2) is 5.13 Å². The summed E-state index contributed by atoms with van der Waals surface area (Å²) < 4.78 is 1.29. The van der Waals surface area contributed by atoms with E-state index in [9.17, 15) is 0 Å². The van der Waals surface area contributed by atoms with Crippen molar-refractivity contribution in [1.82, 2.24) is 10.3 Å². The summed E-state index contributed by atoms with van der Waals surface area (Å²) in [4.78, 5) is 7.25. The molecule has 3 rings (SSSR count). The Hall–Kier alpha value is -0.780. The monoisotopic (exact) mass is 321 g/mol. The number of nitrogens with zero attached hydrogens (tertiary/aromatic N) is 2. The van der Waals surface area contributed by atoms with Gasteiger partial charge in [-0.2, -0.15) is 11.8 Å². The Morgan fingerprint density at radius 1 is 1.43 bits per heavy atom. The Morgan fingerprint density at radius 3 is 3.19 bits per heavy atom. The number of thiazole rings is 1. The van der Waals surface area contributed by atoms with Crippen LogP contribution in [0.1, 0.15) is 19.3 Å². The van der Waals surface area contributed by atoms with Gasteiger partial charge in [0.25, 0.3) is 0 Å². The van der Waals surface area contributed by atoms with Crippen molar-refractivity contribution < 1.29 is 0 Å². The molecule has 1 fully saturated rings. The zero-order valence-electron chi connectivity index (χ0n) is 12.5. The van der Waals surface area contributed by atoms with E-state index in [1.54, 1.807) is 0 Å². The van der Waals surface area contributed by atoms with Crippen LogP contribution in [0.2, 0.25) is 0 Å². The number of piperidine rings is 1. The molecule has 0 aliphatic carbocycles. The summed E-state index contributed by atoms with van der Waals surface area (Å²) in [6.07, 6.45) is 5.99. The molecule has 21 heavy (non-hydrogen) atoms. The lowest BCUT2D eigenvalue weighted by molar-refractivity contribution is 0.424. The van der Waals surface area contributed by atoms with Crippen LogP contribution in [-0.4, -0.2) is 42.7 Å². The molecular formula is C16H23N3S2. The van der Waals surface area contributed by atoms with Gasteiger partial charge in [-0.25, -0.2) is 4.98 Å². The lowest BCUT2D eigenvalue weighted by Crippen LogP contribution is -2.46. The predicted octanol–water partition coefficient (Wildman–Crippen LogP) is 3.61. The molecule has 1 N–H and O–H groups in total. The highest BCUT2D eigenvalue weighted by molar-refractivity contribution is 7.98. The fourth-order valence-electron chi connectivity index (χ4n) is 2.84. The smallest absolute Gasteiger partial charge is 0.186 e. The van der Waals surface area contributed by atoms with Crippen molar-refractivity contribution in [2.24, 2.45) is 0 Å². The second-order valence-corrected chi connectivity index (χ2v) is 7.54. The summed E-state index contributed by atoms with van der Waals surface area (Å²) in [6.45, 7) is 3.38. The molecule has 2 heterocycles. The summed E-state index contributed by atoms with van der Waals surface area (Å²) in [5.74, 6) is 1.25. The van der Waals surface area contributed by atoms with Crippen molar-refractivity contribution in [2.45, 2.75) is 25.3 Å². The Morgan fingerprint density at radius 2 is 2.33 bits per heavy atom. The topological polar surface area (TPSA) is 28.2 Å². The molecule has 5 heteroatoms. The summed E-state index contributed by atoms with van der Waals surface area (Å²) in [5.41, 5.74) is 1.13. The molecule has 1 aliphatic heterocycles. The number of hydrogen-bond acceptors (Lipinski definition) is 5. The van der Waals surface area contributed by atoms with E-state index >= 15 is 0 Å². The van der Waals surface area contributed by atoms with E-state index in [0.717, 1.165) is 25.2 Å². The Bertz CT molecular complexity index is 536. The average Bonchev–Trinajstić information content (AvgIpc) is 2.96. The lowest BCUT2D eigenvalue weighted by atomic mass is 10.1. The minimum atomic E-state index is 0.618. The van der Waals surface area contributed by atoms with Gasteiger partial charge in [-0.3, -0.25) is 0 Å². The molecule has 2 aromatic rings. The van der Waals surface area contributed by atoms with E-state index in [-0.39, 0.29) is 0 Å². The van der Waals surface area contributed by atoms with Crippen LogP contribution in [0.5, 0.6) is 0 Å². The Kier molecular flexibility index (Phi) is 5.38. The molecule has 0 saturated carbocycles. The number of nitrogens with one attached hydrogen (secondary N) is 1. The largest absolute Gasteiger partial charge is 0.347 e. The van der Waals surface area contributed by atoms with E-state index < -0.39 is 0 Å². The maximum Gasteiger partial charge on any atom is 0.186 e. The van der Waals surface area contributed by atoms with Crippen LogP contribution < -0.4 is 10.2 Å². The first-order chi connectivity index (χ1) is 10.4. The minimum Gasteiger partial charge on any atom is -0.347 e. The Labute approximate surface area is 135 Å². The summed E-state index contributed by atoms with van der Waals surface area (Å²) >= 11 is 3.75. The molecule has 1 aromatic heterocycles. The van der Waals surface area contributed by atoms with Crippen LogP contribution in [-0.2, 0) is 0 Å². The van der Waals surface area contributed by atoms with E-state index in [2.05, 4.69) is 40.7 Å². The third-order valence-electron chi connectivity index (χ3n) is 3.93. The van der Waals surface area contributed by atoms with Gasteiger partial charge in [-0.05, 0) is 49.9 Å². The highest BCUT2D eigenvalue weighted by Gasteiger charge is 2.21. The molecule has 1 aliphatic rings. The first kappa shape index (κ1) is 15.1. The van der Waals surface area contributed by atoms with Gasteiger partial charge >= 0.3 is 0 Å². The van der Waals surface area contributed by atoms with E-state index in [0.29, 0.717) is 6.04 Å². The van der Waals surface area contributed by atoms with Crippen LogP contribution in [0, 0.1) is 0 Å². The van der Waals surface area contributed by atoms with Crippen LogP contribution in [0.3, 0.4) is 0 Å². The highest BCUT2D eigenvalue weighted by Crippen LogP contribution is 2.30. The first-order valence-electron chi connectivity index (χ1n) is 7.69. The van der Waals surface area contributed by atoms with E-state index in [1.165, 1.54) is 34.8 Å². The standard InChI is InChI=1S/C16H23N3S2/c1-20-11-5-9-17-13-6-4-10-19(12-13)16-18-14-7-2-3-8-15(14)21-16/h2-3,7-8,13,17H,4-6,9-12H2,1H3. The third-order valence-corrected chi connectivity index (χ3v) is 5.73. The number of rotatable bonds is 6. The van der Waals surface area contributed by atoms with Crippen molar-refractivity contribution in [2.75, 3.05) is 36.5 Å². The van der Waals surface area contributed by atoms with Gasteiger partial charge in [-0.1, -0.05) is 23.5 Å². The Balaban J connectivity index is 1.60. The zero-order valence-corrected chi connectivity index (χ0v) is 14.2. The fourth-order valence-corrected chi connectivity index (χ4v) is 4.27. The number of hydrogen-bond donors (Lipinski definition) is 1. The molecule has 1 unspecified atom stereocenters. The number of anilines is 1. The maximum atomic E-state index is 4.79. The van der Waals surface area contributed by atoms with Gasteiger partial charge in [0.1, 0.15) is 0 Å². The zero-order chi connectivity index (χ0) is 14.5. The van der Waals surface area contributed by atoms with Crippen LogP contribution >= 0.6 is 23.1 Å². The van der Waals surface area contributed by atoms with E-state index in [4.69, 9.17) is 4.98 Å². The van der Waals surface area contributed by atoms with Gasteiger partial charge in [-0.15, -0.1) is 0 Å². The number of thioether (sulfide) groups is 1. The quantitative estimate of drug-likeness (QED) is 0.823. The van der Waals surface area contributed by atoms with E-state index in [1.807, 2.05) is 23.1 Å². The van der Waals surface area contributed by atoms with Gasteiger partial charge in [0.2, 0.25) is 0 Å². The summed E-state index contributed by atoms with van der Waals surface area (Å²) in [5, 5.41) is 4.90. The molecular weight excluding hydrogens is 298 g/mol. The van der Waals surface area contributed by atoms with Crippen molar-refractivity contribution in [3.8, 4) is 0 Å². The van der Waals surface area contributed by atoms with Crippen molar-refractivity contribution in [1.29, 1.82) is 0 Å². The third kappa shape index (κ3) is 3.90. The SMILES string of the molecule is CSCCCNC1CCCN(c2nc3ccccc3s2)C1. The van der Waals surface area contributed by atoms with Gasteiger partial charge < -0.3 is 10.2 Å². The summed E-state index contributed by atoms with van der Waals surface area (Å²) in [7, 11) is 0. The number of benzene rings is 1. The predicted molar refractivity (Wildman–Crippen MR) is 95.9 cm³/mol. The molecule has 0 spiro atoms. The molecule has 3 nitrogen and oxygen atoms in total. The maximum absolute atomic E-state index is 4.79. The van der Waals surface area contributed by atoms with Gasteiger partial charge in [0, 0.05) is 19.1 Å². The molecule has 0 amide bonds. The second kappa shape index (κ2) is 7.47. The molecule has 114 valence electrons. The fraction of sp³-hybridized carbons (Fsp3) is 0.562. The number of fused-ring (bicyclic) bond motifs is 1. The molecule has 1 atom stereocenters. The normalized spacial score (nSPS) is 19.3. The summed E-state index contributed by atoms with van der Waals surface area (Å²) in [6, 6.07) is 9.05. The van der Waals surface area contributed by atoms with Crippen LogP contribution in [0.25, 0.3) is 10.2 Å². The first-order valence-corrected chi connectivity index (χ1v) is 9.90. The molecule has 1 aromatic carbocycles. The lowest BCUT2D eigenvalue weighted by Gasteiger charge is -2.33. The minimum absolute atomic E-state index is 0.618. The van der Waals surface area contributed by atoms with Gasteiger partial charge in [0.05, 0.1) is 10.2 Å². The van der Waals surface area contributed by atoms with Crippen LogP contribution in [0.4, 0.5) is 5.13 Å². The second-order valence-electron chi connectivity index (χ2n) is 5.55. The van der Waals surface area contributed by atoms with Crippen molar-refractivity contribution >= 4 is 38.4 Å².